The Morgan fingerprint density at radius 3 is 2.66 bits per heavy atom. The van der Waals surface area contributed by atoms with Gasteiger partial charge in [0.05, 0.1) is 23.3 Å². The number of hydrazone groups is 1. The predicted molar refractivity (Wildman–Crippen MR) is 146 cm³/mol. The standard InChI is InChI=1S/C26H22ClN5O4S2/c1-18-24(32-13-14-37-26(32)29-18)25(33)30-28-15-21-11-12-22(36-21)17-31(16-19-7-9-20(27)10-8-19)38(34,35)23-5-3-2-4-6-23/h2-15H,16-17H2,1H3,(H,30,33)/b28-15+. The lowest BCUT2D eigenvalue weighted by Gasteiger charge is -2.21. The van der Waals surface area contributed by atoms with Crippen molar-refractivity contribution in [1.29, 1.82) is 0 Å². The lowest BCUT2D eigenvalue weighted by atomic mass is 10.2. The molecule has 0 aliphatic carbocycles. The molecule has 3 heterocycles. The number of amides is 1. The van der Waals surface area contributed by atoms with E-state index in [0.717, 1.165) is 10.5 Å². The van der Waals surface area contributed by atoms with E-state index in [1.54, 1.807) is 84.3 Å². The maximum atomic E-state index is 13.5. The summed E-state index contributed by atoms with van der Waals surface area (Å²) in [7, 11) is -3.83. The van der Waals surface area contributed by atoms with Gasteiger partial charge in [0.2, 0.25) is 10.0 Å². The molecule has 194 valence electrons. The highest BCUT2D eigenvalue weighted by atomic mass is 35.5. The predicted octanol–water partition coefficient (Wildman–Crippen LogP) is 5.11. The third kappa shape index (κ3) is 5.55. The van der Waals surface area contributed by atoms with E-state index in [9.17, 15) is 13.2 Å². The molecule has 3 aromatic heterocycles. The first-order chi connectivity index (χ1) is 18.3. The Bertz CT molecular complexity index is 1710. The lowest BCUT2D eigenvalue weighted by molar-refractivity contribution is 0.0948. The topological polar surface area (TPSA) is 109 Å². The van der Waals surface area contributed by atoms with E-state index in [1.807, 2.05) is 5.38 Å². The molecule has 0 unspecified atom stereocenters. The average molecular weight is 568 g/mol. The van der Waals surface area contributed by atoms with Crippen molar-refractivity contribution in [2.75, 3.05) is 0 Å². The third-order valence-electron chi connectivity index (χ3n) is 5.68. The van der Waals surface area contributed by atoms with Crippen molar-refractivity contribution in [1.82, 2.24) is 19.1 Å². The quantitative estimate of drug-likeness (QED) is 0.197. The SMILES string of the molecule is Cc1nc2sccn2c1C(=O)N/N=C/c1ccc(CN(Cc2ccc(Cl)cc2)S(=O)(=O)c2ccccc2)o1. The minimum absolute atomic E-state index is 0.00872. The van der Waals surface area contributed by atoms with Gasteiger partial charge < -0.3 is 4.42 Å². The largest absolute Gasteiger partial charge is 0.459 e. The maximum absolute atomic E-state index is 13.5. The van der Waals surface area contributed by atoms with E-state index < -0.39 is 15.9 Å². The number of rotatable bonds is 9. The maximum Gasteiger partial charge on any atom is 0.290 e. The molecule has 1 amide bonds. The first kappa shape index (κ1) is 25.9. The highest BCUT2D eigenvalue weighted by molar-refractivity contribution is 7.89. The van der Waals surface area contributed by atoms with E-state index in [2.05, 4.69) is 15.5 Å². The lowest BCUT2D eigenvalue weighted by Crippen LogP contribution is -2.30. The molecule has 0 bridgehead atoms. The molecule has 0 atom stereocenters. The Labute approximate surface area is 228 Å². The molecule has 0 fully saturated rings. The number of carbonyl (C=O) groups excluding carboxylic acids is 1. The van der Waals surface area contributed by atoms with E-state index in [1.165, 1.54) is 21.9 Å². The number of sulfonamides is 1. The number of aryl methyl sites for hydroxylation is 1. The number of nitrogens with zero attached hydrogens (tertiary/aromatic N) is 4. The van der Waals surface area contributed by atoms with Crippen LogP contribution in [0.15, 0.2) is 92.7 Å². The Balaban J connectivity index is 1.32. The zero-order chi connectivity index (χ0) is 26.7. The van der Waals surface area contributed by atoms with Gasteiger partial charge in [-0.15, -0.1) is 11.3 Å². The second-order valence-corrected chi connectivity index (χ2v) is 11.6. The van der Waals surface area contributed by atoms with Crippen molar-refractivity contribution in [2.24, 2.45) is 5.10 Å². The summed E-state index contributed by atoms with van der Waals surface area (Å²) in [5.41, 5.74) is 4.27. The molecule has 0 aliphatic heterocycles. The molecule has 5 rings (SSSR count). The van der Waals surface area contributed by atoms with Crippen LogP contribution in [0.4, 0.5) is 0 Å². The van der Waals surface area contributed by atoms with Gasteiger partial charge in [0.15, 0.2) is 4.96 Å². The van der Waals surface area contributed by atoms with E-state index >= 15 is 0 Å². The van der Waals surface area contributed by atoms with Gasteiger partial charge in [-0.1, -0.05) is 41.9 Å². The van der Waals surface area contributed by atoms with Crippen LogP contribution < -0.4 is 5.43 Å². The van der Waals surface area contributed by atoms with Crippen molar-refractivity contribution in [3.05, 3.63) is 112 Å². The van der Waals surface area contributed by atoms with E-state index in [4.69, 9.17) is 16.0 Å². The van der Waals surface area contributed by atoms with Crippen LogP contribution in [-0.4, -0.2) is 34.2 Å². The number of furan rings is 1. The minimum atomic E-state index is -3.83. The molecule has 9 nitrogen and oxygen atoms in total. The van der Waals surface area contributed by atoms with Gasteiger partial charge in [-0.25, -0.2) is 18.8 Å². The molecule has 0 radical (unpaired) electrons. The van der Waals surface area contributed by atoms with Gasteiger partial charge in [-0.05, 0) is 48.9 Å². The minimum Gasteiger partial charge on any atom is -0.459 e. The molecule has 0 aliphatic rings. The summed E-state index contributed by atoms with van der Waals surface area (Å²) >= 11 is 7.43. The van der Waals surface area contributed by atoms with Crippen molar-refractivity contribution in [2.45, 2.75) is 24.9 Å². The summed E-state index contributed by atoms with van der Waals surface area (Å²) in [5, 5.41) is 6.41. The number of nitrogens with one attached hydrogen (secondary N) is 1. The van der Waals surface area contributed by atoms with Crippen molar-refractivity contribution in [3.8, 4) is 0 Å². The number of benzene rings is 2. The third-order valence-corrected chi connectivity index (χ3v) is 8.49. The van der Waals surface area contributed by atoms with Crippen LogP contribution in [0.3, 0.4) is 0 Å². The van der Waals surface area contributed by atoms with Crippen molar-refractivity contribution in [3.63, 3.8) is 0 Å². The van der Waals surface area contributed by atoms with Crippen LogP contribution in [0, 0.1) is 6.92 Å². The highest BCUT2D eigenvalue weighted by Gasteiger charge is 2.26. The Morgan fingerprint density at radius 2 is 1.89 bits per heavy atom. The number of hydrogen-bond donors (Lipinski definition) is 1. The monoisotopic (exact) mass is 567 g/mol. The second kappa shape index (κ2) is 10.9. The number of halogens is 1. The van der Waals surface area contributed by atoms with Crippen LogP contribution in [0.2, 0.25) is 5.02 Å². The molecule has 0 saturated heterocycles. The Kier molecular flexibility index (Phi) is 7.43. The van der Waals surface area contributed by atoms with Crippen LogP contribution in [0.5, 0.6) is 0 Å². The zero-order valence-corrected chi connectivity index (χ0v) is 22.5. The number of fused-ring (bicyclic) bond motifs is 1. The van der Waals surface area contributed by atoms with Crippen LogP contribution in [0.25, 0.3) is 4.96 Å². The van der Waals surface area contributed by atoms with Gasteiger partial charge in [-0.2, -0.15) is 9.41 Å². The summed E-state index contributed by atoms with van der Waals surface area (Å²) in [4.78, 5) is 17.9. The summed E-state index contributed by atoms with van der Waals surface area (Å²) in [5.74, 6) is 0.368. The highest BCUT2D eigenvalue weighted by Crippen LogP contribution is 2.23. The molecule has 12 heteroatoms. The van der Waals surface area contributed by atoms with Crippen LogP contribution >= 0.6 is 22.9 Å². The molecule has 0 spiro atoms. The van der Waals surface area contributed by atoms with Crippen LogP contribution in [-0.2, 0) is 23.1 Å². The zero-order valence-electron chi connectivity index (χ0n) is 20.1. The molecule has 5 aromatic rings. The molecule has 2 aromatic carbocycles. The molecule has 1 N–H and O–H groups in total. The van der Waals surface area contributed by atoms with Crippen molar-refractivity contribution < 1.29 is 17.6 Å². The summed E-state index contributed by atoms with van der Waals surface area (Å²) < 4.78 is 35.8. The number of carbonyl (C=O) groups is 1. The van der Waals surface area contributed by atoms with E-state index in [-0.39, 0.29) is 18.0 Å². The fourth-order valence-electron chi connectivity index (χ4n) is 3.86. The number of hydrogen-bond acceptors (Lipinski definition) is 7. The molecule has 38 heavy (non-hydrogen) atoms. The Hall–Kier alpha value is -3.77. The Morgan fingerprint density at radius 1 is 1.13 bits per heavy atom. The van der Waals surface area contributed by atoms with Gasteiger partial charge in [0.25, 0.3) is 5.91 Å². The summed E-state index contributed by atoms with van der Waals surface area (Å²) in [6.07, 6.45) is 3.13. The second-order valence-electron chi connectivity index (χ2n) is 8.32. The van der Waals surface area contributed by atoms with Gasteiger partial charge >= 0.3 is 0 Å². The van der Waals surface area contributed by atoms with Crippen LogP contribution in [0.1, 0.15) is 33.3 Å². The fourth-order valence-corrected chi connectivity index (χ4v) is 6.16. The normalized spacial score (nSPS) is 12.1. The van der Waals surface area contributed by atoms with E-state index in [0.29, 0.717) is 27.9 Å². The average Bonchev–Trinajstić information content (AvgIpc) is 3.62. The first-order valence-corrected chi connectivity index (χ1v) is 14.1. The first-order valence-electron chi connectivity index (χ1n) is 11.4. The molecular weight excluding hydrogens is 546 g/mol. The van der Waals surface area contributed by atoms with Gasteiger partial charge in [0, 0.05) is 23.1 Å². The van der Waals surface area contributed by atoms with Gasteiger partial charge in [-0.3, -0.25) is 9.20 Å². The molecule has 0 saturated carbocycles. The smallest absolute Gasteiger partial charge is 0.290 e. The number of imidazole rings is 1. The summed E-state index contributed by atoms with van der Waals surface area (Å²) in [6.45, 7) is 1.87. The number of thiazole rings is 1. The summed E-state index contributed by atoms with van der Waals surface area (Å²) in [6, 6.07) is 18.6. The molecular formula is C26H22ClN5O4S2. The fraction of sp³-hybridized carbons (Fsp3) is 0.115. The van der Waals surface area contributed by atoms with Crippen molar-refractivity contribution >= 4 is 50.0 Å². The van der Waals surface area contributed by atoms with Gasteiger partial charge in [0.1, 0.15) is 17.2 Å². The number of aromatic nitrogens is 2.